The predicted molar refractivity (Wildman–Crippen MR) is 75.4 cm³/mol. The van der Waals surface area contributed by atoms with Crippen molar-refractivity contribution >= 4 is 5.78 Å². The lowest BCUT2D eigenvalue weighted by Crippen LogP contribution is -2.10. The Balaban J connectivity index is 3.01. The van der Waals surface area contributed by atoms with E-state index in [1.54, 1.807) is 0 Å². The van der Waals surface area contributed by atoms with Gasteiger partial charge in [0.15, 0.2) is 0 Å². The molecule has 0 aliphatic carbocycles. The molecule has 2 nitrogen and oxygen atoms in total. The summed E-state index contributed by atoms with van der Waals surface area (Å²) in [5, 5.41) is 0. The summed E-state index contributed by atoms with van der Waals surface area (Å²) in [7, 11) is 0. The van der Waals surface area contributed by atoms with Gasteiger partial charge in [-0.25, -0.2) is 0 Å². The SMILES string of the molecule is CCCOc1ccc(C(F)(F)F)cc1CC(C)CC(C)=O. The molecule has 1 atom stereocenters. The fourth-order valence-electron chi connectivity index (χ4n) is 2.21. The second-order valence-electron chi connectivity index (χ2n) is 5.38. The minimum atomic E-state index is -4.37. The molecule has 1 aromatic carbocycles. The number of carbonyl (C=O) groups is 1. The fourth-order valence-corrected chi connectivity index (χ4v) is 2.21. The van der Waals surface area contributed by atoms with Crippen LogP contribution in [0.3, 0.4) is 0 Å². The van der Waals surface area contributed by atoms with Crippen LogP contribution in [0.2, 0.25) is 0 Å². The molecule has 118 valence electrons. The minimum absolute atomic E-state index is 0.0186. The maximum atomic E-state index is 12.8. The highest BCUT2D eigenvalue weighted by atomic mass is 19.4. The maximum absolute atomic E-state index is 12.8. The monoisotopic (exact) mass is 302 g/mol. The number of ketones is 1. The molecule has 0 saturated carbocycles. The summed E-state index contributed by atoms with van der Waals surface area (Å²) in [5.74, 6) is 0.487. The summed E-state index contributed by atoms with van der Waals surface area (Å²) in [6.07, 6.45) is -2.85. The number of hydrogen-bond donors (Lipinski definition) is 0. The van der Waals surface area contributed by atoms with Crippen molar-refractivity contribution in [2.24, 2.45) is 5.92 Å². The van der Waals surface area contributed by atoms with E-state index >= 15 is 0 Å². The summed E-state index contributed by atoms with van der Waals surface area (Å²) >= 11 is 0. The molecule has 0 saturated heterocycles. The van der Waals surface area contributed by atoms with Crippen LogP contribution in [0.1, 0.15) is 44.7 Å². The third kappa shape index (κ3) is 5.78. The van der Waals surface area contributed by atoms with Gasteiger partial charge in [-0.15, -0.1) is 0 Å². The molecule has 0 radical (unpaired) electrons. The Hall–Kier alpha value is -1.52. The van der Waals surface area contributed by atoms with Gasteiger partial charge in [-0.05, 0) is 49.4 Å². The largest absolute Gasteiger partial charge is 0.493 e. The standard InChI is InChI=1S/C16H21F3O2/c1-4-7-21-15-6-5-14(16(17,18)19)10-13(15)9-11(2)8-12(3)20/h5-6,10-11H,4,7-9H2,1-3H3. The molecule has 0 spiro atoms. The predicted octanol–water partition coefficient (Wildman–Crippen LogP) is 4.65. The average Bonchev–Trinajstić information content (AvgIpc) is 2.35. The third-order valence-electron chi connectivity index (χ3n) is 3.05. The van der Waals surface area contributed by atoms with Crippen LogP contribution in [-0.4, -0.2) is 12.4 Å². The zero-order valence-electron chi connectivity index (χ0n) is 12.6. The van der Waals surface area contributed by atoms with Crippen LogP contribution in [0.4, 0.5) is 13.2 Å². The van der Waals surface area contributed by atoms with E-state index in [0.29, 0.717) is 30.8 Å². The second kappa shape index (κ2) is 7.48. The molecule has 0 aliphatic heterocycles. The van der Waals surface area contributed by atoms with Crippen LogP contribution < -0.4 is 4.74 Å². The Labute approximate surface area is 123 Å². The molecule has 21 heavy (non-hydrogen) atoms. The fraction of sp³-hybridized carbons (Fsp3) is 0.562. The molecule has 0 N–H and O–H groups in total. The van der Waals surface area contributed by atoms with E-state index in [1.807, 2.05) is 13.8 Å². The van der Waals surface area contributed by atoms with Crippen LogP contribution in [0.5, 0.6) is 5.75 Å². The molecule has 5 heteroatoms. The molecule has 1 aromatic rings. The van der Waals surface area contributed by atoms with Crippen molar-refractivity contribution in [1.29, 1.82) is 0 Å². The molecular formula is C16H21F3O2. The van der Waals surface area contributed by atoms with E-state index < -0.39 is 11.7 Å². The number of carbonyl (C=O) groups excluding carboxylic acids is 1. The second-order valence-corrected chi connectivity index (χ2v) is 5.38. The first kappa shape index (κ1) is 17.5. The van der Waals surface area contributed by atoms with Crippen LogP contribution in [0.15, 0.2) is 18.2 Å². The first-order chi connectivity index (χ1) is 9.74. The van der Waals surface area contributed by atoms with Gasteiger partial charge in [0.25, 0.3) is 0 Å². The van der Waals surface area contributed by atoms with Gasteiger partial charge in [0.2, 0.25) is 0 Å². The smallest absolute Gasteiger partial charge is 0.416 e. The quantitative estimate of drug-likeness (QED) is 0.732. The van der Waals surface area contributed by atoms with Gasteiger partial charge in [-0.1, -0.05) is 13.8 Å². The zero-order chi connectivity index (χ0) is 16.0. The average molecular weight is 302 g/mol. The van der Waals surface area contributed by atoms with Gasteiger partial charge in [0.1, 0.15) is 11.5 Å². The van der Waals surface area contributed by atoms with E-state index in [2.05, 4.69) is 0 Å². The zero-order valence-corrected chi connectivity index (χ0v) is 12.6. The number of hydrogen-bond acceptors (Lipinski definition) is 2. The summed E-state index contributed by atoms with van der Waals surface area (Å²) < 4.78 is 43.9. The van der Waals surface area contributed by atoms with Crippen LogP contribution in [-0.2, 0) is 17.4 Å². The topological polar surface area (TPSA) is 26.3 Å². The maximum Gasteiger partial charge on any atom is 0.416 e. The van der Waals surface area contributed by atoms with Crippen molar-refractivity contribution in [2.75, 3.05) is 6.61 Å². The Morgan fingerprint density at radius 1 is 1.33 bits per heavy atom. The number of Topliss-reactive ketones (excluding diaryl/α,β-unsaturated/α-hetero) is 1. The number of alkyl halides is 3. The molecular weight excluding hydrogens is 281 g/mol. The molecule has 0 bridgehead atoms. The lowest BCUT2D eigenvalue weighted by Gasteiger charge is -2.17. The van der Waals surface area contributed by atoms with Crippen molar-refractivity contribution in [3.8, 4) is 5.75 Å². The number of rotatable bonds is 7. The minimum Gasteiger partial charge on any atom is -0.493 e. The summed E-state index contributed by atoms with van der Waals surface area (Å²) in [6.45, 7) is 5.73. The first-order valence-corrected chi connectivity index (χ1v) is 7.06. The van der Waals surface area contributed by atoms with E-state index in [9.17, 15) is 18.0 Å². The van der Waals surface area contributed by atoms with Gasteiger partial charge < -0.3 is 9.53 Å². The highest BCUT2D eigenvalue weighted by molar-refractivity contribution is 5.75. The number of ether oxygens (including phenoxy) is 1. The highest BCUT2D eigenvalue weighted by Gasteiger charge is 2.31. The van der Waals surface area contributed by atoms with Crippen molar-refractivity contribution in [1.82, 2.24) is 0 Å². The van der Waals surface area contributed by atoms with Gasteiger partial charge in [-0.2, -0.15) is 13.2 Å². The van der Waals surface area contributed by atoms with Crippen LogP contribution in [0, 0.1) is 5.92 Å². The Morgan fingerprint density at radius 3 is 2.52 bits per heavy atom. The molecule has 1 rings (SSSR count). The molecule has 0 amide bonds. The number of benzene rings is 1. The Kier molecular flexibility index (Phi) is 6.24. The third-order valence-corrected chi connectivity index (χ3v) is 3.05. The molecule has 0 aliphatic rings. The Morgan fingerprint density at radius 2 is 2.00 bits per heavy atom. The number of halogens is 3. The molecule has 0 aromatic heterocycles. The summed E-state index contributed by atoms with van der Waals surface area (Å²) in [5.41, 5.74) is -0.177. The van der Waals surface area contributed by atoms with E-state index in [4.69, 9.17) is 4.74 Å². The first-order valence-electron chi connectivity index (χ1n) is 7.06. The van der Waals surface area contributed by atoms with Crippen molar-refractivity contribution in [2.45, 2.75) is 46.2 Å². The van der Waals surface area contributed by atoms with Crippen molar-refractivity contribution < 1.29 is 22.7 Å². The summed E-state index contributed by atoms with van der Waals surface area (Å²) in [6, 6.07) is 3.53. The van der Waals surface area contributed by atoms with Gasteiger partial charge >= 0.3 is 6.18 Å². The lowest BCUT2D eigenvalue weighted by molar-refractivity contribution is -0.137. The van der Waals surface area contributed by atoms with E-state index in [1.165, 1.54) is 13.0 Å². The molecule has 0 heterocycles. The van der Waals surface area contributed by atoms with E-state index in [-0.39, 0.29) is 11.7 Å². The van der Waals surface area contributed by atoms with Gasteiger partial charge in [0.05, 0.1) is 12.2 Å². The van der Waals surface area contributed by atoms with Crippen molar-refractivity contribution in [3.63, 3.8) is 0 Å². The lowest BCUT2D eigenvalue weighted by atomic mass is 9.94. The normalized spacial score (nSPS) is 13.0. The summed E-state index contributed by atoms with van der Waals surface area (Å²) in [4.78, 5) is 11.1. The van der Waals surface area contributed by atoms with Gasteiger partial charge in [-0.3, -0.25) is 0 Å². The van der Waals surface area contributed by atoms with Crippen LogP contribution in [0.25, 0.3) is 0 Å². The Bertz CT molecular complexity index is 481. The molecule has 1 unspecified atom stereocenters. The van der Waals surface area contributed by atoms with Gasteiger partial charge in [0, 0.05) is 6.42 Å². The van der Waals surface area contributed by atoms with Crippen molar-refractivity contribution in [3.05, 3.63) is 29.3 Å². The van der Waals surface area contributed by atoms with E-state index in [0.717, 1.165) is 18.6 Å². The van der Waals surface area contributed by atoms with Crippen LogP contribution >= 0.6 is 0 Å². The molecule has 0 fully saturated rings. The highest BCUT2D eigenvalue weighted by Crippen LogP contribution is 2.33.